The van der Waals surface area contributed by atoms with Crippen molar-refractivity contribution in [2.45, 2.75) is 29.1 Å². The Labute approximate surface area is 157 Å². The number of aliphatic carboxylic acids is 1. The summed E-state index contributed by atoms with van der Waals surface area (Å²) in [4.78, 5) is 26.7. The number of hydrogen-bond donors (Lipinski definition) is 2. The van der Waals surface area contributed by atoms with Gasteiger partial charge in [-0.25, -0.2) is 0 Å². The van der Waals surface area contributed by atoms with Crippen LogP contribution in [0.25, 0.3) is 0 Å². The average molecular weight is 367 g/mol. The van der Waals surface area contributed by atoms with Crippen LogP contribution in [0.1, 0.15) is 19.3 Å². The largest absolute Gasteiger partial charge is 0.481 e. The molecule has 4 nitrogen and oxygen atoms in total. The van der Waals surface area contributed by atoms with Crippen molar-refractivity contribution in [2.24, 2.45) is 23.7 Å². The topological polar surface area (TPSA) is 66.4 Å². The van der Waals surface area contributed by atoms with E-state index >= 15 is 0 Å². The summed E-state index contributed by atoms with van der Waals surface area (Å²) in [7, 11) is 0. The summed E-state index contributed by atoms with van der Waals surface area (Å²) < 4.78 is 0. The Morgan fingerprint density at radius 3 is 2.31 bits per heavy atom. The quantitative estimate of drug-likeness (QED) is 0.815. The predicted molar refractivity (Wildman–Crippen MR) is 101 cm³/mol. The van der Waals surface area contributed by atoms with E-state index in [9.17, 15) is 14.7 Å². The molecule has 0 saturated heterocycles. The van der Waals surface area contributed by atoms with E-state index in [1.807, 2.05) is 54.6 Å². The second-order valence-electron chi connectivity index (χ2n) is 7.12. The molecule has 0 heterocycles. The van der Waals surface area contributed by atoms with Crippen molar-refractivity contribution >= 4 is 29.3 Å². The van der Waals surface area contributed by atoms with Crippen LogP contribution in [0.2, 0.25) is 0 Å². The number of nitrogens with one attached hydrogen (secondary N) is 1. The van der Waals surface area contributed by atoms with Gasteiger partial charge in [0, 0.05) is 9.79 Å². The van der Waals surface area contributed by atoms with E-state index in [1.165, 1.54) is 0 Å². The van der Waals surface area contributed by atoms with Crippen LogP contribution in [0, 0.1) is 23.7 Å². The first kappa shape index (κ1) is 17.2. The van der Waals surface area contributed by atoms with E-state index in [4.69, 9.17) is 0 Å². The molecule has 0 unspecified atom stereocenters. The van der Waals surface area contributed by atoms with Crippen molar-refractivity contribution in [3.8, 4) is 0 Å². The first-order chi connectivity index (χ1) is 12.6. The zero-order valence-corrected chi connectivity index (χ0v) is 15.1. The Hall–Kier alpha value is -2.27. The highest BCUT2D eigenvalue weighted by atomic mass is 32.2. The highest BCUT2D eigenvalue weighted by molar-refractivity contribution is 7.99. The van der Waals surface area contributed by atoms with E-state index < -0.39 is 17.8 Å². The molecule has 26 heavy (non-hydrogen) atoms. The second-order valence-corrected chi connectivity index (χ2v) is 8.24. The predicted octanol–water partition coefficient (Wildman–Crippen LogP) is 4.52. The van der Waals surface area contributed by atoms with E-state index in [-0.39, 0.29) is 17.7 Å². The first-order valence-electron chi connectivity index (χ1n) is 8.99. The number of rotatable bonds is 5. The van der Waals surface area contributed by atoms with E-state index in [1.54, 1.807) is 11.8 Å². The maximum absolute atomic E-state index is 12.9. The fraction of sp³-hybridized carbons (Fsp3) is 0.333. The highest BCUT2D eigenvalue weighted by Gasteiger charge is 2.54. The fourth-order valence-electron chi connectivity index (χ4n) is 4.51. The number of carbonyl (C=O) groups excluding carboxylic acids is 1. The first-order valence-corrected chi connectivity index (χ1v) is 9.80. The Bertz CT molecular complexity index is 823. The molecule has 2 aliphatic rings. The Morgan fingerprint density at radius 1 is 0.923 bits per heavy atom. The molecule has 0 spiro atoms. The summed E-state index contributed by atoms with van der Waals surface area (Å²) in [5.74, 6) is -1.57. The molecule has 2 aromatic carbocycles. The lowest BCUT2D eigenvalue weighted by Crippen LogP contribution is -2.37. The number of para-hydroxylation sites is 1. The van der Waals surface area contributed by atoms with E-state index in [0.29, 0.717) is 0 Å². The molecular weight excluding hydrogens is 346 g/mol. The van der Waals surface area contributed by atoms with Gasteiger partial charge in [0.15, 0.2) is 0 Å². The van der Waals surface area contributed by atoms with Crippen LogP contribution in [-0.2, 0) is 9.59 Å². The summed E-state index contributed by atoms with van der Waals surface area (Å²) >= 11 is 1.59. The summed E-state index contributed by atoms with van der Waals surface area (Å²) in [5, 5.41) is 12.6. The maximum atomic E-state index is 12.9. The standard InChI is InChI=1S/C21H21NO3S/c23-20(18-13-10-11-14(12-13)19(18)21(24)25)22-16-8-4-5-9-17(16)26-15-6-2-1-3-7-15/h1-9,13-14,18-19H,10-12H2,(H,22,23)(H,24,25)/t13-,14+,18-,19-/m0/s1. The van der Waals surface area contributed by atoms with Crippen molar-refractivity contribution in [1.82, 2.24) is 0 Å². The molecule has 0 radical (unpaired) electrons. The van der Waals surface area contributed by atoms with E-state index in [2.05, 4.69) is 5.32 Å². The smallest absolute Gasteiger partial charge is 0.307 e. The molecule has 2 N–H and O–H groups in total. The van der Waals surface area contributed by atoms with Gasteiger partial charge in [0.25, 0.3) is 0 Å². The normalized spacial score (nSPS) is 26.6. The SMILES string of the molecule is O=C(O)[C@H]1[C@@H]2CC[C@@H](C2)[C@@H]1C(=O)Nc1ccccc1Sc1ccccc1. The zero-order chi connectivity index (χ0) is 18.1. The minimum absolute atomic E-state index is 0.147. The van der Waals surface area contributed by atoms with Gasteiger partial charge in [0.05, 0.1) is 17.5 Å². The number of benzene rings is 2. The van der Waals surface area contributed by atoms with Gasteiger partial charge in [-0.05, 0) is 55.4 Å². The minimum Gasteiger partial charge on any atom is -0.481 e. The maximum Gasteiger partial charge on any atom is 0.307 e. The summed E-state index contributed by atoms with van der Waals surface area (Å²) in [5.41, 5.74) is 0.748. The number of amides is 1. The summed E-state index contributed by atoms with van der Waals surface area (Å²) in [6, 6.07) is 17.7. The molecule has 4 atom stereocenters. The number of carbonyl (C=O) groups is 2. The Balaban J connectivity index is 1.54. The van der Waals surface area contributed by atoms with Crippen molar-refractivity contribution in [1.29, 1.82) is 0 Å². The number of fused-ring (bicyclic) bond motifs is 2. The lowest BCUT2D eigenvalue weighted by molar-refractivity contribution is -0.148. The van der Waals surface area contributed by atoms with Gasteiger partial charge in [-0.15, -0.1) is 0 Å². The van der Waals surface area contributed by atoms with Gasteiger partial charge in [-0.2, -0.15) is 0 Å². The third kappa shape index (κ3) is 3.23. The summed E-state index contributed by atoms with van der Waals surface area (Å²) in [6.07, 6.45) is 2.77. The lowest BCUT2D eigenvalue weighted by atomic mass is 9.78. The Kier molecular flexibility index (Phi) is 4.72. The number of hydrogen-bond acceptors (Lipinski definition) is 3. The number of carboxylic acids is 1. The average Bonchev–Trinajstić information content (AvgIpc) is 3.25. The third-order valence-electron chi connectivity index (χ3n) is 5.62. The molecule has 0 aliphatic heterocycles. The fourth-order valence-corrected chi connectivity index (χ4v) is 5.44. The van der Waals surface area contributed by atoms with Crippen molar-refractivity contribution in [2.75, 3.05) is 5.32 Å². The molecule has 1 amide bonds. The molecule has 5 heteroatoms. The Morgan fingerprint density at radius 2 is 1.58 bits per heavy atom. The molecule has 134 valence electrons. The van der Waals surface area contributed by atoms with Gasteiger partial charge < -0.3 is 10.4 Å². The number of anilines is 1. The molecule has 0 aromatic heterocycles. The number of carboxylic acid groups (broad SMARTS) is 1. The van der Waals surface area contributed by atoms with Crippen molar-refractivity contribution in [3.05, 3.63) is 54.6 Å². The minimum atomic E-state index is -0.829. The van der Waals surface area contributed by atoms with Crippen LogP contribution in [0.15, 0.2) is 64.4 Å². The van der Waals surface area contributed by atoms with Crippen LogP contribution < -0.4 is 5.32 Å². The van der Waals surface area contributed by atoms with Gasteiger partial charge in [-0.1, -0.05) is 42.1 Å². The van der Waals surface area contributed by atoms with Gasteiger partial charge >= 0.3 is 5.97 Å². The molecule has 2 aromatic rings. The third-order valence-corrected chi connectivity index (χ3v) is 6.70. The van der Waals surface area contributed by atoms with E-state index in [0.717, 1.165) is 34.7 Å². The van der Waals surface area contributed by atoms with Gasteiger partial charge in [0.2, 0.25) is 5.91 Å². The van der Waals surface area contributed by atoms with Crippen molar-refractivity contribution < 1.29 is 14.7 Å². The van der Waals surface area contributed by atoms with Crippen LogP contribution in [0.3, 0.4) is 0 Å². The van der Waals surface area contributed by atoms with Crippen LogP contribution in [-0.4, -0.2) is 17.0 Å². The molecular formula is C21H21NO3S. The van der Waals surface area contributed by atoms with Crippen LogP contribution in [0.5, 0.6) is 0 Å². The molecule has 2 saturated carbocycles. The molecule has 2 fully saturated rings. The lowest BCUT2D eigenvalue weighted by Gasteiger charge is -2.27. The van der Waals surface area contributed by atoms with Gasteiger partial charge in [-0.3, -0.25) is 9.59 Å². The second kappa shape index (κ2) is 7.16. The van der Waals surface area contributed by atoms with Crippen LogP contribution in [0.4, 0.5) is 5.69 Å². The van der Waals surface area contributed by atoms with Gasteiger partial charge in [0.1, 0.15) is 0 Å². The summed E-state index contributed by atoms with van der Waals surface area (Å²) in [6.45, 7) is 0. The molecule has 4 rings (SSSR count). The highest BCUT2D eigenvalue weighted by Crippen LogP contribution is 2.52. The monoisotopic (exact) mass is 367 g/mol. The molecule has 2 aliphatic carbocycles. The zero-order valence-electron chi connectivity index (χ0n) is 14.3. The molecule has 2 bridgehead atoms. The van der Waals surface area contributed by atoms with Crippen LogP contribution >= 0.6 is 11.8 Å². The van der Waals surface area contributed by atoms with Crippen molar-refractivity contribution in [3.63, 3.8) is 0 Å².